The molecule has 0 aliphatic carbocycles. The summed E-state index contributed by atoms with van der Waals surface area (Å²) in [6.45, 7) is 5.84. The van der Waals surface area contributed by atoms with Gasteiger partial charge in [-0.25, -0.2) is 18.1 Å². The van der Waals surface area contributed by atoms with Crippen molar-refractivity contribution >= 4 is 15.8 Å². The molecule has 24 heavy (non-hydrogen) atoms. The minimum Gasteiger partial charge on any atom is -0.370 e. The predicted octanol–water partition coefficient (Wildman–Crippen LogP) is 3.40. The summed E-state index contributed by atoms with van der Waals surface area (Å²) < 4.78 is 62.5. The van der Waals surface area contributed by atoms with E-state index in [4.69, 9.17) is 0 Å². The third-order valence-electron chi connectivity index (χ3n) is 3.35. The van der Waals surface area contributed by atoms with Gasteiger partial charge in [0.15, 0.2) is 0 Å². The van der Waals surface area contributed by atoms with E-state index in [2.05, 4.69) is 15.0 Å². The normalized spacial score (nSPS) is 13.1. The lowest BCUT2D eigenvalue weighted by Crippen LogP contribution is -2.39. The first-order valence-corrected chi connectivity index (χ1v) is 9.18. The summed E-state index contributed by atoms with van der Waals surface area (Å²) >= 11 is 0. The van der Waals surface area contributed by atoms with Gasteiger partial charge in [0.1, 0.15) is 5.82 Å². The molecular formula is C15H24F3N3O2S. The van der Waals surface area contributed by atoms with Gasteiger partial charge in [-0.3, -0.25) is 0 Å². The van der Waals surface area contributed by atoms with Gasteiger partial charge in [0.05, 0.1) is 10.3 Å². The average Bonchev–Trinajstić information content (AvgIpc) is 2.44. The third kappa shape index (κ3) is 6.64. The highest BCUT2D eigenvalue weighted by atomic mass is 32.2. The fraction of sp³-hybridized carbons (Fsp3) is 0.667. The highest BCUT2D eigenvalue weighted by Crippen LogP contribution is 2.28. The van der Waals surface area contributed by atoms with Gasteiger partial charge in [-0.15, -0.1) is 0 Å². The molecular weight excluding hydrogens is 343 g/mol. The van der Waals surface area contributed by atoms with E-state index in [1.54, 1.807) is 20.8 Å². The predicted molar refractivity (Wildman–Crippen MR) is 88.3 cm³/mol. The zero-order chi connectivity index (χ0) is 18.4. The van der Waals surface area contributed by atoms with E-state index in [1.165, 1.54) is 6.07 Å². The van der Waals surface area contributed by atoms with E-state index in [-0.39, 0.29) is 0 Å². The first-order chi connectivity index (χ1) is 10.9. The highest BCUT2D eigenvalue weighted by Gasteiger charge is 2.30. The second-order valence-corrected chi connectivity index (χ2v) is 8.95. The molecule has 0 saturated heterocycles. The SMILES string of the molecule is CC(C)(C)S(=O)(=O)NCCCCCNc1ccc(C(F)(F)F)cn1. The van der Waals surface area contributed by atoms with Gasteiger partial charge in [-0.1, -0.05) is 6.42 Å². The van der Waals surface area contributed by atoms with Crippen molar-refractivity contribution in [1.82, 2.24) is 9.71 Å². The van der Waals surface area contributed by atoms with Crippen LogP contribution in [0.5, 0.6) is 0 Å². The summed E-state index contributed by atoms with van der Waals surface area (Å²) in [4.78, 5) is 3.72. The molecule has 0 atom stereocenters. The Morgan fingerprint density at radius 3 is 2.17 bits per heavy atom. The maximum atomic E-state index is 12.4. The Hall–Kier alpha value is -1.35. The van der Waals surface area contributed by atoms with Gasteiger partial charge in [0.25, 0.3) is 0 Å². The Balaban J connectivity index is 2.21. The van der Waals surface area contributed by atoms with Crippen LogP contribution >= 0.6 is 0 Å². The quantitative estimate of drug-likeness (QED) is 0.691. The fourth-order valence-electron chi connectivity index (χ4n) is 1.73. The van der Waals surface area contributed by atoms with Crippen LogP contribution in [0.2, 0.25) is 0 Å². The van der Waals surface area contributed by atoms with E-state index in [9.17, 15) is 21.6 Å². The number of pyridine rings is 1. The largest absolute Gasteiger partial charge is 0.417 e. The Kier molecular flexibility index (Phi) is 7.03. The van der Waals surface area contributed by atoms with Gasteiger partial charge in [-0.05, 0) is 45.7 Å². The number of anilines is 1. The molecule has 0 bridgehead atoms. The number of sulfonamides is 1. The lowest BCUT2D eigenvalue weighted by molar-refractivity contribution is -0.137. The van der Waals surface area contributed by atoms with Crippen molar-refractivity contribution in [3.05, 3.63) is 23.9 Å². The van der Waals surface area contributed by atoms with Crippen molar-refractivity contribution in [2.75, 3.05) is 18.4 Å². The topological polar surface area (TPSA) is 71.1 Å². The van der Waals surface area contributed by atoms with Gasteiger partial charge in [0.2, 0.25) is 10.0 Å². The summed E-state index contributed by atoms with van der Waals surface area (Å²) in [6.07, 6.45) is -1.34. The molecule has 5 nitrogen and oxygen atoms in total. The molecule has 1 aromatic rings. The molecule has 2 N–H and O–H groups in total. The molecule has 0 aromatic carbocycles. The standard InChI is InChI=1S/C15H24F3N3O2S/c1-14(2,3)24(22,23)21-10-6-4-5-9-19-13-8-7-12(11-20-13)15(16,17)18/h7-8,11,21H,4-6,9-10H2,1-3H3,(H,19,20). The van der Waals surface area contributed by atoms with E-state index in [1.807, 2.05) is 0 Å². The fourth-order valence-corrected chi connectivity index (χ4v) is 2.58. The second kappa shape index (κ2) is 8.15. The van der Waals surface area contributed by atoms with Crippen LogP contribution in [0.1, 0.15) is 45.6 Å². The van der Waals surface area contributed by atoms with Gasteiger partial charge in [0, 0.05) is 19.3 Å². The number of nitrogens with zero attached hydrogens (tertiary/aromatic N) is 1. The van der Waals surface area contributed by atoms with Gasteiger partial charge in [-0.2, -0.15) is 13.2 Å². The zero-order valence-electron chi connectivity index (χ0n) is 14.1. The third-order valence-corrected chi connectivity index (χ3v) is 5.55. The zero-order valence-corrected chi connectivity index (χ0v) is 14.9. The average molecular weight is 367 g/mol. The molecule has 0 aliphatic rings. The van der Waals surface area contributed by atoms with E-state index >= 15 is 0 Å². The molecule has 0 radical (unpaired) electrons. The van der Waals surface area contributed by atoms with Crippen LogP contribution in [0.3, 0.4) is 0 Å². The van der Waals surface area contributed by atoms with Crippen LogP contribution in [-0.4, -0.2) is 31.2 Å². The maximum absolute atomic E-state index is 12.4. The lowest BCUT2D eigenvalue weighted by Gasteiger charge is -2.19. The maximum Gasteiger partial charge on any atom is 0.417 e. The molecule has 0 spiro atoms. The molecule has 0 amide bonds. The summed E-state index contributed by atoms with van der Waals surface area (Å²) in [5, 5.41) is 2.94. The van der Waals surface area contributed by atoms with Crippen molar-refractivity contribution in [3.63, 3.8) is 0 Å². The number of nitrogens with one attached hydrogen (secondary N) is 2. The van der Waals surface area contributed by atoms with E-state index < -0.39 is 26.5 Å². The summed E-state index contributed by atoms with van der Waals surface area (Å²) in [6, 6.07) is 2.27. The minimum atomic E-state index is -4.38. The molecule has 0 unspecified atom stereocenters. The summed E-state index contributed by atoms with van der Waals surface area (Å²) in [5.41, 5.74) is -0.779. The van der Waals surface area contributed by atoms with Crippen molar-refractivity contribution in [2.24, 2.45) is 0 Å². The molecule has 0 fully saturated rings. The molecule has 0 saturated carbocycles. The van der Waals surface area contributed by atoms with Crippen LogP contribution in [0.4, 0.5) is 19.0 Å². The number of rotatable bonds is 8. The lowest BCUT2D eigenvalue weighted by atomic mass is 10.2. The van der Waals surface area contributed by atoms with E-state index in [0.717, 1.165) is 25.1 Å². The van der Waals surface area contributed by atoms with Crippen molar-refractivity contribution in [2.45, 2.75) is 51.0 Å². The Bertz CT molecular complexity index is 608. The highest BCUT2D eigenvalue weighted by molar-refractivity contribution is 7.90. The molecule has 9 heteroatoms. The molecule has 1 rings (SSSR count). The number of unbranched alkanes of at least 4 members (excludes halogenated alkanes) is 2. The number of hydrogen-bond acceptors (Lipinski definition) is 4. The Labute approximate surface area is 141 Å². The van der Waals surface area contributed by atoms with Crippen LogP contribution in [0.25, 0.3) is 0 Å². The van der Waals surface area contributed by atoms with Crippen LogP contribution in [-0.2, 0) is 16.2 Å². The monoisotopic (exact) mass is 367 g/mol. The smallest absolute Gasteiger partial charge is 0.370 e. The molecule has 1 aromatic heterocycles. The van der Waals surface area contributed by atoms with Crippen LogP contribution in [0.15, 0.2) is 18.3 Å². The Morgan fingerprint density at radius 2 is 1.67 bits per heavy atom. The molecule has 1 heterocycles. The second-order valence-electron chi connectivity index (χ2n) is 6.43. The molecule has 138 valence electrons. The summed E-state index contributed by atoms with van der Waals surface area (Å²) in [5.74, 6) is 0.386. The van der Waals surface area contributed by atoms with Crippen molar-refractivity contribution in [3.8, 4) is 0 Å². The first-order valence-electron chi connectivity index (χ1n) is 7.70. The minimum absolute atomic E-state index is 0.373. The van der Waals surface area contributed by atoms with E-state index in [0.29, 0.717) is 25.3 Å². The van der Waals surface area contributed by atoms with Crippen molar-refractivity contribution in [1.29, 1.82) is 0 Å². The number of aromatic nitrogens is 1. The first kappa shape index (κ1) is 20.7. The number of hydrogen-bond donors (Lipinski definition) is 2. The Morgan fingerprint density at radius 1 is 1.04 bits per heavy atom. The van der Waals surface area contributed by atoms with Crippen LogP contribution < -0.4 is 10.0 Å². The van der Waals surface area contributed by atoms with Crippen molar-refractivity contribution < 1.29 is 21.6 Å². The van der Waals surface area contributed by atoms with Gasteiger partial charge < -0.3 is 5.32 Å². The number of halogens is 3. The summed E-state index contributed by atoms with van der Waals surface area (Å²) in [7, 11) is -3.32. The van der Waals surface area contributed by atoms with Crippen LogP contribution in [0, 0.1) is 0 Å². The molecule has 0 aliphatic heterocycles. The number of alkyl halides is 3. The van der Waals surface area contributed by atoms with Gasteiger partial charge >= 0.3 is 6.18 Å².